The molecule has 0 aliphatic rings. The molecular formula is C18H24N2S. The molecule has 1 aromatic heterocycles. The molecule has 0 amide bonds. The second kappa shape index (κ2) is 6.99. The lowest BCUT2D eigenvalue weighted by atomic mass is 9.75. The van der Waals surface area contributed by atoms with Crippen LogP contribution in [0.4, 0.5) is 0 Å². The summed E-state index contributed by atoms with van der Waals surface area (Å²) in [4.78, 5) is 8.22. The molecule has 0 spiro atoms. The highest BCUT2D eigenvalue weighted by Gasteiger charge is 2.33. The predicted molar refractivity (Wildman–Crippen MR) is 91.2 cm³/mol. The molecule has 2 nitrogen and oxygen atoms in total. The average Bonchev–Trinajstić information content (AvgIpc) is 2.50. The first kappa shape index (κ1) is 15.9. The monoisotopic (exact) mass is 300 g/mol. The summed E-state index contributed by atoms with van der Waals surface area (Å²) in [5.41, 5.74) is 2.41. The van der Waals surface area contributed by atoms with Gasteiger partial charge in [0.2, 0.25) is 0 Å². The van der Waals surface area contributed by atoms with E-state index in [1.54, 1.807) is 0 Å². The Morgan fingerprint density at radius 2 is 1.76 bits per heavy atom. The number of aromatic nitrogens is 2. The van der Waals surface area contributed by atoms with Crippen molar-refractivity contribution in [3.63, 3.8) is 0 Å². The minimum Gasteiger partial charge on any atom is -0.346 e. The van der Waals surface area contributed by atoms with E-state index < -0.39 is 0 Å². The summed E-state index contributed by atoms with van der Waals surface area (Å²) in [5, 5.41) is 0. The second-order valence-corrected chi connectivity index (χ2v) is 5.92. The fourth-order valence-corrected chi connectivity index (χ4v) is 3.26. The van der Waals surface area contributed by atoms with Gasteiger partial charge in [0.1, 0.15) is 10.5 Å². The summed E-state index contributed by atoms with van der Waals surface area (Å²) in [5.74, 6) is 1.01. The van der Waals surface area contributed by atoms with Crippen molar-refractivity contribution in [2.24, 2.45) is 0 Å². The fraction of sp³-hybridized carbons (Fsp3) is 0.444. The first-order valence-electron chi connectivity index (χ1n) is 7.82. The first-order chi connectivity index (χ1) is 10.2. The number of nitrogens with zero attached hydrogens (tertiary/aromatic N) is 1. The van der Waals surface area contributed by atoms with Gasteiger partial charge in [0.25, 0.3) is 0 Å². The maximum Gasteiger partial charge on any atom is 0.130 e. The number of aryl methyl sites for hydroxylation is 1. The smallest absolute Gasteiger partial charge is 0.130 e. The number of H-pyrrole nitrogens is 1. The standard InChI is InChI=1S/C18H24N2S/c1-4-10-15-13-16(21)20-17(19-15)18(5-2,6-3)14-11-8-7-9-12-14/h7-9,11-13H,4-6,10H2,1-3H3,(H,19,20,21). The van der Waals surface area contributed by atoms with Gasteiger partial charge in [0.15, 0.2) is 0 Å². The van der Waals surface area contributed by atoms with Crippen molar-refractivity contribution in [3.8, 4) is 0 Å². The van der Waals surface area contributed by atoms with Gasteiger partial charge < -0.3 is 4.98 Å². The number of hydrogen-bond donors (Lipinski definition) is 1. The predicted octanol–water partition coefficient (Wildman–Crippen LogP) is 5.20. The molecule has 112 valence electrons. The number of rotatable bonds is 6. The summed E-state index contributed by atoms with van der Waals surface area (Å²) < 4.78 is 0.689. The summed E-state index contributed by atoms with van der Waals surface area (Å²) in [7, 11) is 0. The molecule has 0 radical (unpaired) electrons. The third-order valence-corrected chi connectivity index (χ3v) is 4.51. The molecule has 0 bridgehead atoms. The molecule has 0 saturated carbocycles. The van der Waals surface area contributed by atoms with Crippen LogP contribution in [-0.4, -0.2) is 9.97 Å². The SMILES string of the molecule is CCCc1cc(=S)nc(C(CC)(CC)c2ccccc2)[nH]1. The van der Waals surface area contributed by atoms with Crippen molar-refractivity contribution < 1.29 is 0 Å². The van der Waals surface area contributed by atoms with Crippen LogP contribution in [0.1, 0.15) is 57.1 Å². The zero-order valence-electron chi connectivity index (χ0n) is 13.1. The molecule has 1 heterocycles. The van der Waals surface area contributed by atoms with Crippen LogP contribution in [0.5, 0.6) is 0 Å². The Morgan fingerprint density at radius 1 is 1.10 bits per heavy atom. The zero-order valence-corrected chi connectivity index (χ0v) is 14.0. The minimum atomic E-state index is -0.0848. The average molecular weight is 300 g/mol. The van der Waals surface area contributed by atoms with Crippen LogP contribution in [-0.2, 0) is 11.8 Å². The van der Waals surface area contributed by atoms with Gasteiger partial charge in [-0.15, -0.1) is 0 Å². The topological polar surface area (TPSA) is 28.7 Å². The van der Waals surface area contributed by atoms with E-state index >= 15 is 0 Å². The Kier molecular flexibility index (Phi) is 5.29. The highest BCUT2D eigenvalue weighted by atomic mass is 32.1. The van der Waals surface area contributed by atoms with E-state index in [2.05, 4.69) is 61.1 Å². The number of aromatic amines is 1. The van der Waals surface area contributed by atoms with Gasteiger partial charge in [-0.25, -0.2) is 4.98 Å². The molecule has 0 unspecified atom stereocenters. The van der Waals surface area contributed by atoms with Gasteiger partial charge in [-0.05, 0) is 30.9 Å². The van der Waals surface area contributed by atoms with Crippen LogP contribution >= 0.6 is 12.2 Å². The second-order valence-electron chi connectivity index (χ2n) is 5.50. The lowest BCUT2D eigenvalue weighted by Crippen LogP contribution is -2.29. The van der Waals surface area contributed by atoms with E-state index in [1.165, 1.54) is 11.3 Å². The minimum absolute atomic E-state index is 0.0848. The van der Waals surface area contributed by atoms with Crippen molar-refractivity contribution >= 4 is 12.2 Å². The summed E-state index contributed by atoms with van der Waals surface area (Å²) >= 11 is 5.38. The molecule has 2 aromatic rings. The maximum absolute atomic E-state index is 5.38. The van der Waals surface area contributed by atoms with Gasteiger partial charge in [-0.2, -0.15) is 0 Å². The number of benzene rings is 1. The Balaban J connectivity index is 2.60. The van der Waals surface area contributed by atoms with E-state index in [9.17, 15) is 0 Å². The van der Waals surface area contributed by atoms with Crippen LogP contribution < -0.4 is 0 Å². The molecule has 1 N–H and O–H groups in total. The van der Waals surface area contributed by atoms with Crippen molar-refractivity contribution in [1.29, 1.82) is 0 Å². The molecule has 2 rings (SSSR count). The lowest BCUT2D eigenvalue weighted by Gasteiger charge is -2.31. The molecule has 0 saturated heterocycles. The fourth-order valence-electron chi connectivity index (χ4n) is 3.03. The molecule has 0 aliphatic carbocycles. The van der Waals surface area contributed by atoms with Crippen LogP contribution in [0.15, 0.2) is 36.4 Å². The van der Waals surface area contributed by atoms with E-state index in [0.29, 0.717) is 4.64 Å². The van der Waals surface area contributed by atoms with Gasteiger partial charge in [-0.1, -0.05) is 69.7 Å². The molecule has 21 heavy (non-hydrogen) atoms. The molecule has 0 aliphatic heterocycles. The van der Waals surface area contributed by atoms with E-state index in [1.807, 2.05) is 6.07 Å². The van der Waals surface area contributed by atoms with Crippen molar-refractivity contribution in [2.75, 3.05) is 0 Å². The third-order valence-electron chi connectivity index (χ3n) is 4.30. The summed E-state index contributed by atoms with van der Waals surface area (Å²) in [6, 6.07) is 12.6. The van der Waals surface area contributed by atoms with Gasteiger partial charge in [0.05, 0.1) is 5.41 Å². The van der Waals surface area contributed by atoms with Crippen LogP contribution in [0.25, 0.3) is 0 Å². The quantitative estimate of drug-likeness (QED) is 0.743. The van der Waals surface area contributed by atoms with Crippen molar-refractivity contribution in [3.05, 3.63) is 58.1 Å². The maximum atomic E-state index is 5.38. The largest absolute Gasteiger partial charge is 0.346 e. The van der Waals surface area contributed by atoms with Crippen molar-refractivity contribution in [2.45, 2.75) is 51.9 Å². The highest BCUT2D eigenvalue weighted by molar-refractivity contribution is 7.71. The zero-order chi connectivity index (χ0) is 15.3. The van der Waals surface area contributed by atoms with Crippen molar-refractivity contribution in [1.82, 2.24) is 9.97 Å². The van der Waals surface area contributed by atoms with E-state index in [-0.39, 0.29) is 5.41 Å². The number of nitrogens with one attached hydrogen (secondary N) is 1. The molecule has 3 heteroatoms. The lowest BCUT2D eigenvalue weighted by molar-refractivity contribution is 0.446. The first-order valence-corrected chi connectivity index (χ1v) is 8.23. The normalized spacial score (nSPS) is 11.6. The van der Waals surface area contributed by atoms with Gasteiger partial charge in [0, 0.05) is 5.69 Å². The Bertz CT molecular complexity index is 627. The highest BCUT2D eigenvalue weighted by Crippen LogP contribution is 2.36. The van der Waals surface area contributed by atoms with Gasteiger partial charge in [-0.3, -0.25) is 0 Å². The Hall–Kier alpha value is -1.48. The van der Waals surface area contributed by atoms with Crippen LogP contribution in [0.3, 0.4) is 0 Å². The molecule has 0 atom stereocenters. The third kappa shape index (κ3) is 3.24. The van der Waals surface area contributed by atoms with Gasteiger partial charge >= 0.3 is 0 Å². The summed E-state index contributed by atoms with van der Waals surface area (Å²) in [6.07, 6.45) is 4.12. The molecule has 1 aromatic carbocycles. The Morgan fingerprint density at radius 3 is 2.33 bits per heavy atom. The summed E-state index contributed by atoms with van der Waals surface area (Å²) in [6.45, 7) is 6.63. The molecular weight excluding hydrogens is 276 g/mol. The Labute approximate surface area is 132 Å². The molecule has 0 fully saturated rings. The van der Waals surface area contributed by atoms with E-state index in [4.69, 9.17) is 12.2 Å². The van der Waals surface area contributed by atoms with Crippen LogP contribution in [0.2, 0.25) is 0 Å². The number of hydrogen-bond acceptors (Lipinski definition) is 2. The van der Waals surface area contributed by atoms with Crippen LogP contribution in [0, 0.1) is 4.64 Å². The van der Waals surface area contributed by atoms with E-state index in [0.717, 1.165) is 31.5 Å².